The summed E-state index contributed by atoms with van der Waals surface area (Å²) in [6, 6.07) is 13.0. The van der Waals surface area contributed by atoms with Crippen LogP contribution in [-0.2, 0) is 14.4 Å². The molecule has 0 heterocycles. The Kier molecular flexibility index (Phi) is 10.1. The minimum absolute atomic E-state index is 0.108. The van der Waals surface area contributed by atoms with Crippen molar-refractivity contribution in [1.82, 2.24) is 10.2 Å². The molecule has 0 aromatic heterocycles. The standard InChI is InChI=1S/C31H43N3O6/c1-20(34(10)26(36)21-14-12-11-13-15-21)25(35)32-19-31(8,9)33-22-16-17-23(39-27(37)29(2,3)4)24(18-22)40-28(38)30(5,6)7/h11-18,20,33H,19H2,1-10H3,(H,32,35)/t20-/m0/s1. The number of carbonyl (C=O) groups is 4. The van der Waals surface area contributed by atoms with E-state index in [1.54, 1.807) is 98.0 Å². The van der Waals surface area contributed by atoms with Gasteiger partial charge in [-0.15, -0.1) is 0 Å². The van der Waals surface area contributed by atoms with E-state index >= 15 is 0 Å². The Balaban J connectivity index is 2.15. The van der Waals surface area contributed by atoms with Crippen LogP contribution in [0.1, 0.15) is 72.7 Å². The van der Waals surface area contributed by atoms with Gasteiger partial charge < -0.3 is 25.0 Å². The van der Waals surface area contributed by atoms with Crippen molar-refractivity contribution in [2.45, 2.75) is 73.9 Å². The third-order valence-corrected chi connectivity index (χ3v) is 6.06. The highest BCUT2D eigenvalue weighted by Crippen LogP contribution is 2.34. The lowest BCUT2D eigenvalue weighted by Crippen LogP contribution is -2.50. The smallest absolute Gasteiger partial charge is 0.316 e. The molecular weight excluding hydrogens is 510 g/mol. The Morgan fingerprint density at radius 3 is 1.85 bits per heavy atom. The maximum atomic E-state index is 12.9. The summed E-state index contributed by atoms with van der Waals surface area (Å²) in [5, 5.41) is 6.23. The van der Waals surface area contributed by atoms with Gasteiger partial charge in [-0.1, -0.05) is 18.2 Å². The van der Waals surface area contributed by atoms with Crippen LogP contribution >= 0.6 is 0 Å². The summed E-state index contributed by atoms with van der Waals surface area (Å²) in [5.74, 6) is -1.25. The predicted octanol–water partition coefficient (Wildman–Crippen LogP) is 5.06. The summed E-state index contributed by atoms with van der Waals surface area (Å²) < 4.78 is 11.2. The van der Waals surface area contributed by atoms with E-state index in [0.29, 0.717) is 11.3 Å². The van der Waals surface area contributed by atoms with Crippen molar-refractivity contribution >= 4 is 29.4 Å². The van der Waals surface area contributed by atoms with Gasteiger partial charge in [-0.3, -0.25) is 19.2 Å². The van der Waals surface area contributed by atoms with Crippen LogP contribution in [0.25, 0.3) is 0 Å². The molecule has 0 saturated carbocycles. The van der Waals surface area contributed by atoms with E-state index in [0.717, 1.165) is 0 Å². The number of carbonyl (C=O) groups excluding carboxylic acids is 4. The number of anilines is 1. The number of hydrogen-bond donors (Lipinski definition) is 2. The molecule has 0 saturated heterocycles. The zero-order chi connectivity index (χ0) is 30.5. The van der Waals surface area contributed by atoms with Crippen molar-refractivity contribution in [3.05, 3.63) is 54.1 Å². The molecule has 2 amide bonds. The molecular formula is C31H43N3O6. The topological polar surface area (TPSA) is 114 Å². The number of ether oxygens (including phenoxy) is 2. The molecule has 0 radical (unpaired) electrons. The zero-order valence-electron chi connectivity index (χ0n) is 25.3. The van der Waals surface area contributed by atoms with Gasteiger partial charge in [0, 0.05) is 36.4 Å². The lowest BCUT2D eigenvalue weighted by Gasteiger charge is -2.30. The molecule has 0 fully saturated rings. The Morgan fingerprint density at radius 2 is 1.32 bits per heavy atom. The zero-order valence-corrected chi connectivity index (χ0v) is 25.3. The Morgan fingerprint density at radius 1 is 0.800 bits per heavy atom. The number of nitrogens with one attached hydrogen (secondary N) is 2. The molecule has 0 aliphatic rings. The van der Waals surface area contributed by atoms with Gasteiger partial charge >= 0.3 is 11.9 Å². The summed E-state index contributed by atoms with van der Waals surface area (Å²) in [5.41, 5.74) is -1.06. The molecule has 9 nitrogen and oxygen atoms in total. The van der Waals surface area contributed by atoms with E-state index in [9.17, 15) is 19.2 Å². The van der Waals surface area contributed by atoms with Crippen LogP contribution in [0.4, 0.5) is 5.69 Å². The van der Waals surface area contributed by atoms with E-state index < -0.39 is 34.3 Å². The highest BCUT2D eigenvalue weighted by Gasteiger charge is 2.29. The normalized spacial score (nSPS) is 12.7. The summed E-state index contributed by atoms with van der Waals surface area (Å²) >= 11 is 0. The number of esters is 2. The van der Waals surface area contributed by atoms with E-state index in [1.165, 1.54) is 4.90 Å². The number of benzene rings is 2. The Labute approximate surface area is 237 Å². The molecule has 0 bridgehead atoms. The predicted molar refractivity (Wildman–Crippen MR) is 155 cm³/mol. The van der Waals surface area contributed by atoms with Gasteiger partial charge in [-0.25, -0.2) is 0 Å². The second-order valence-electron chi connectivity index (χ2n) is 12.6. The molecule has 2 aromatic rings. The summed E-state index contributed by atoms with van der Waals surface area (Å²) in [7, 11) is 1.59. The lowest BCUT2D eigenvalue weighted by molar-refractivity contribution is -0.145. The first-order chi connectivity index (χ1) is 18.3. The minimum Gasteiger partial charge on any atom is -0.422 e. The van der Waals surface area contributed by atoms with Crippen molar-refractivity contribution in [3.8, 4) is 11.5 Å². The molecule has 2 aromatic carbocycles. The molecule has 2 N–H and O–H groups in total. The molecule has 0 aliphatic carbocycles. The molecule has 0 spiro atoms. The fraction of sp³-hybridized carbons (Fsp3) is 0.484. The van der Waals surface area contributed by atoms with Crippen LogP contribution in [0.5, 0.6) is 11.5 Å². The van der Waals surface area contributed by atoms with Crippen LogP contribution in [0.2, 0.25) is 0 Å². The highest BCUT2D eigenvalue weighted by atomic mass is 16.6. The average molecular weight is 554 g/mol. The van der Waals surface area contributed by atoms with E-state index in [1.807, 2.05) is 19.9 Å². The molecule has 218 valence electrons. The highest BCUT2D eigenvalue weighted by molar-refractivity contribution is 5.97. The largest absolute Gasteiger partial charge is 0.422 e. The summed E-state index contributed by atoms with van der Waals surface area (Å²) in [6.07, 6.45) is 0. The molecule has 0 unspecified atom stereocenters. The monoisotopic (exact) mass is 553 g/mol. The lowest BCUT2D eigenvalue weighted by atomic mass is 9.97. The van der Waals surface area contributed by atoms with Gasteiger partial charge in [-0.05, 0) is 86.6 Å². The van der Waals surface area contributed by atoms with E-state index in [2.05, 4.69) is 10.6 Å². The summed E-state index contributed by atoms with van der Waals surface area (Å²) in [6.45, 7) is 16.1. The van der Waals surface area contributed by atoms with Gasteiger partial charge in [0.2, 0.25) is 5.91 Å². The van der Waals surface area contributed by atoms with Gasteiger partial charge in [0.25, 0.3) is 5.91 Å². The SMILES string of the molecule is C[C@@H](C(=O)NCC(C)(C)Nc1ccc(OC(=O)C(C)(C)C)c(OC(=O)C(C)(C)C)c1)N(C)C(=O)c1ccccc1. The van der Waals surface area contributed by atoms with Crippen molar-refractivity contribution in [2.24, 2.45) is 10.8 Å². The fourth-order valence-electron chi connectivity index (χ4n) is 3.28. The molecule has 1 atom stereocenters. The van der Waals surface area contributed by atoms with Crippen molar-refractivity contribution in [3.63, 3.8) is 0 Å². The van der Waals surface area contributed by atoms with Gasteiger partial charge in [-0.2, -0.15) is 0 Å². The van der Waals surface area contributed by atoms with Crippen molar-refractivity contribution < 1.29 is 28.7 Å². The third-order valence-electron chi connectivity index (χ3n) is 6.06. The molecule has 0 aliphatic heterocycles. The maximum absolute atomic E-state index is 12.9. The number of nitrogens with zero attached hydrogens (tertiary/aromatic N) is 1. The first kappa shape index (κ1) is 32.3. The number of amides is 2. The van der Waals surface area contributed by atoms with E-state index in [-0.39, 0.29) is 29.9 Å². The first-order valence-corrected chi connectivity index (χ1v) is 13.3. The van der Waals surface area contributed by atoms with Gasteiger partial charge in [0.15, 0.2) is 11.5 Å². The molecule has 40 heavy (non-hydrogen) atoms. The van der Waals surface area contributed by atoms with Crippen molar-refractivity contribution in [1.29, 1.82) is 0 Å². The summed E-state index contributed by atoms with van der Waals surface area (Å²) in [4.78, 5) is 52.2. The van der Waals surface area contributed by atoms with Crippen LogP contribution in [0.15, 0.2) is 48.5 Å². The van der Waals surface area contributed by atoms with E-state index in [4.69, 9.17) is 9.47 Å². The van der Waals surface area contributed by atoms with Crippen LogP contribution in [-0.4, -0.2) is 53.8 Å². The second-order valence-corrected chi connectivity index (χ2v) is 12.6. The minimum atomic E-state index is -0.774. The number of rotatable bonds is 9. The molecule has 2 rings (SSSR count). The average Bonchev–Trinajstić information content (AvgIpc) is 2.86. The van der Waals surface area contributed by atoms with Crippen LogP contribution in [0.3, 0.4) is 0 Å². The number of likely N-dealkylation sites (N-methyl/N-ethyl adjacent to an activating group) is 1. The Bertz CT molecular complexity index is 1230. The third kappa shape index (κ3) is 9.10. The molecule has 9 heteroatoms. The Hall–Kier alpha value is -3.88. The van der Waals surface area contributed by atoms with Gasteiger partial charge in [0.1, 0.15) is 6.04 Å². The quantitative estimate of drug-likeness (QED) is 0.330. The van der Waals surface area contributed by atoms with Crippen LogP contribution in [0, 0.1) is 10.8 Å². The van der Waals surface area contributed by atoms with Gasteiger partial charge in [0.05, 0.1) is 10.8 Å². The van der Waals surface area contributed by atoms with Crippen LogP contribution < -0.4 is 20.1 Å². The number of hydrogen-bond acceptors (Lipinski definition) is 7. The first-order valence-electron chi connectivity index (χ1n) is 13.3. The van der Waals surface area contributed by atoms with Crippen molar-refractivity contribution in [2.75, 3.05) is 18.9 Å². The second kappa shape index (κ2) is 12.5. The fourth-order valence-corrected chi connectivity index (χ4v) is 3.28. The maximum Gasteiger partial charge on any atom is 0.316 e.